The number of likely N-dealkylation sites (tertiary alicyclic amines) is 1. The maximum absolute atomic E-state index is 13.6. The van der Waals surface area contributed by atoms with E-state index in [1.54, 1.807) is 0 Å². The Labute approximate surface area is 379 Å². The number of carbonyl (C=O) groups excluding carboxylic acids is 9. The van der Waals surface area contributed by atoms with Crippen molar-refractivity contribution < 1.29 is 87.9 Å². The number of imidazole rings is 1. The molecule has 67 heavy (non-hydrogen) atoms. The number of carboxylic acids is 4. The lowest BCUT2D eigenvalue weighted by atomic mass is 10.1. The van der Waals surface area contributed by atoms with E-state index in [0.29, 0.717) is 0 Å². The number of nitrogens with zero attached hydrogens (tertiary/aromatic N) is 2. The lowest BCUT2D eigenvalue weighted by molar-refractivity contribution is -0.144. The van der Waals surface area contributed by atoms with Crippen molar-refractivity contribution in [3.63, 3.8) is 0 Å². The van der Waals surface area contributed by atoms with Crippen molar-refractivity contribution in [1.82, 2.24) is 52.1 Å². The summed E-state index contributed by atoms with van der Waals surface area (Å²) < 4.78 is 0. The molecule has 30 nitrogen and oxygen atoms in total. The van der Waals surface area contributed by atoms with E-state index in [0.717, 1.165) is 11.8 Å². The minimum Gasteiger partial charge on any atom is -0.481 e. The number of aromatic amines is 1. The van der Waals surface area contributed by atoms with Gasteiger partial charge in [0.05, 0.1) is 38.4 Å². The Morgan fingerprint density at radius 1 is 0.731 bits per heavy atom. The van der Waals surface area contributed by atoms with Crippen molar-refractivity contribution in [3.05, 3.63) is 18.2 Å². The third-order valence-corrected chi connectivity index (χ3v) is 9.73. The summed E-state index contributed by atoms with van der Waals surface area (Å²) in [5, 5.41) is 63.0. The van der Waals surface area contributed by atoms with Gasteiger partial charge in [-0.05, 0) is 32.6 Å². The quantitative estimate of drug-likeness (QED) is 0.0355. The van der Waals surface area contributed by atoms with Crippen LogP contribution in [-0.2, 0) is 68.7 Å². The van der Waals surface area contributed by atoms with Gasteiger partial charge in [0.1, 0.15) is 42.3 Å². The Balaban J connectivity index is 2.22. The standard InChI is InChI=1S/C37H54N12O18/c1-16(50)30(48-34(63)21(10-24(39)51)44-25(52)12-38)36(65)49-8-2-3-23(49)35(64)41-14-26(53)43-18(4-6-27(54)55)31(60)47-22(11-29(58)59)33(62)46-20(9-17-13-40-15-42-17)32(61)45-19(37(66)67)5-7-28(56)57/h13,15-16,18-23,30,50H,2-12,14,38H2,1H3,(H2,39,51)(H,40,42)(H,41,64)(H,43,53)(H,44,52)(H,45,61)(H,46,62)(H,47,60)(H,48,63)(H,54,55)(H,56,57)(H,58,59)(H,66,67)/t16-,18+,19+,20+,21+,22+,23+,30+/m1/s1. The number of hydrogen-bond donors (Lipinski definition) is 15. The predicted molar refractivity (Wildman–Crippen MR) is 220 cm³/mol. The highest BCUT2D eigenvalue weighted by atomic mass is 16.4. The SMILES string of the molecule is C[C@@H](O)[C@H](NC(=O)[C@H](CC(N)=O)NC(=O)CN)C(=O)N1CCC[C@H]1C(=O)NCC(=O)N[C@@H](CCC(=O)O)C(=O)N[C@@H](CC(=O)O)C(=O)N[C@@H](Cc1cnc[nH]1)C(=O)N[C@@H](CCC(=O)O)C(=O)O. The first-order valence-corrected chi connectivity index (χ1v) is 20.3. The molecule has 0 saturated carbocycles. The van der Waals surface area contributed by atoms with Crippen LogP contribution in [0.15, 0.2) is 12.5 Å². The molecule has 1 saturated heterocycles. The highest BCUT2D eigenvalue weighted by Crippen LogP contribution is 2.20. The third kappa shape index (κ3) is 19.1. The normalized spacial score (nSPS) is 16.2. The second-order valence-electron chi connectivity index (χ2n) is 15.0. The summed E-state index contributed by atoms with van der Waals surface area (Å²) in [7, 11) is 0. The smallest absolute Gasteiger partial charge is 0.326 e. The lowest BCUT2D eigenvalue weighted by Gasteiger charge is -2.31. The highest BCUT2D eigenvalue weighted by Gasteiger charge is 2.41. The van der Waals surface area contributed by atoms with E-state index in [4.69, 9.17) is 16.6 Å². The van der Waals surface area contributed by atoms with Gasteiger partial charge in [0, 0.05) is 37.7 Å². The molecule has 8 atom stereocenters. The van der Waals surface area contributed by atoms with Gasteiger partial charge in [-0.1, -0.05) is 0 Å². The van der Waals surface area contributed by atoms with Gasteiger partial charge < -0.3 is 84.1 Å². The number of rotatable bonds is 29. The van der Waals surface area contributed by atoms with Gasteiger partial charge in [-0.3, -0.25) is 57.5 Å². The summed E-state index contributed by atoms with van der Waals surface area (Å²) in [6.07, 6.45) is -3.75. The fourth-order valence-electron chi connectivity index (χ4n) is 6.41. The van der Waals surface area contributed by atoms with Crippen molar-refractivity contribution in [3.8, 4) is 0 Å². The Morgan fingerprint density at radius 3 is 1.81 bits per heavy atom. The predicted octanol–water partition coefficient (Wildman–Crippen LogP) is -7.53. The van der Waals surface area contributed by atoms with Crippen LogP contribution < -0.4 is 48.7 Å². The maximum atomic E-state index is 13.6. The molecule has 2 heterocycles. The van der Waals surface area contributed by atoms with Crippen molar-refractivity contribution in [2.24, 2.45) is 11.5 Å². The molecule has 17 N–H and O–H groups in total. The number of amides is 9. The van der Waals surface area contributed by atoms with Crippen LogP contribution in [-0.4, -0.2) is 185 Å². The number of hydrogen-bond acceptors (Lipinski definition) is 16. The molecule has 0 radical (unpaired) electrons. The molecule has 0 aromatic carbocycles. The van der Waals surface area contributed by atoms with E-state index >= 15 is 0 Å². The second-order valence-corrected chi connectivity index (χ2v) is 15.0. The monoisotopic (exact) mass is 954 g/mol. The first-order chi connectivity index (χ1) is 31.4. The van der Waals surface area contributed by atoms with Crippen LogP contribution in [0, 0.1) is 0 Å². The van der Waals surface area contributed by atoms with E-state index in [-0.39, 0.29) is 25.1 Å². The van der Waals surface area contributed by atoms with E-state index in [1.165, 1.54) is 12.5 Å². The molecule has 1 aromatic rings. The van der Waals surface area contributed by atoms with Gasteiger partial charge in [0.15, 0.2) is 0 Å². The first kappa shape index (κ1) is 55.4. The van der Waals surface area contributed by atoms with Gasteiger partial charge in [0.2, 0.25) is 53.2 Å². The molecule has 1 fully saturated rings. The number of H-pyrrole nitrogens is 1. The van der Waals surface area contributed by atoms with Gasteiger partial charge in [-0.25, -0.2) is 9.78 Å². The maximum Gasteiger partial charge on any atom is 0.326 e. The Bertz CT molecular complexity index is 2010. The topological polar surface area (TPSA) is 491 Å². The van der Waals surface area contributed by atoms with Crippen molar-refractivity contribution in [2.75, 3.05) is 19.6 Å². The van der Waals surface area contributed by atoms with E-state index in [1.807, 2.05) is 0 Å². The minimum atomic E-state index is -2.02. The summed E-state index contributed by atoms with van der Waals surface area (Å²) in [5.74, 6) is -15.8. The number of aliphatic carboxylic acids is 4. The molecule has 9 amide bonds. The van der Waals surface area contributed by atoms with Crippen LogP contribution >= 0.6 is 0 Å². The van der Waals surface area contributed by atoms with E-state index in [9.17, 15) is 82.8 Å². The molecule has 370 valence electrons. The fourth-order valence-corrected chi connectivity index (χ4v) is 6.41. The summed E-state index contributed by atoms with van der Waals surface area (Å²) in [5.41, 5.74) is 10.6. The van der Waals surface area contributed by atoms with Crippen LogP contribution in [0.4, 0.5) is 0 Å². The minimum absolute atomic E-state index is 0.0302. The van der Waals surface area contributed by atoms with Gasteiger partial charge in [0.25, 0.3) is 0 Å². The van der Waals surface area contributed by atoms with Crippen LogP contribution in [0.3, 0.4) is 0 Å². The molecule has 0 unspecified atom stereocenters. The molecule has 30 heteroatoms. The van der Waals surface area contributed by atoms with Crippen molar-refractivity contribution in [1.29, 1.82) is 0 Å². The molecule has 0 spiro atoms. The number of nitrogens with one attached hydrogen (secondary N) is 8. The van der Waals surface area contributed by atoms with Crippen molar-refractivity contribution in [2.45, 2.75) is 113 Å². The molecule has 0 aliphatic carbocycles. The summed E-state index contributed by atoms with van der Waals surface area (Å²) >= 11 is 0. The molecular formula is C37H54N12O18. The average molecular weight is 955 g/mol. The zero-order valence-electron chi connectivity index (χ0n) is 35.9. The van der Waals surface area contributed by atoms with Crippen LogP contribution in [0.5, 0.6) is 0 Å². The van der Waals surface area contributed by atoms with Crippen LogP contribution in [0.2, 0.25) is 0 Å². The molecule has 1 aliphatic heterocycles. The number of nitrogens with two attached hydrogens (primary N) is 2. The average Bonchev–Trinajstić information content (AvgIpc) is 3.96. The summed E-state index contributed by atoms with van der Waals surface area (Å²) in [6.45, 7) is -0.388. The zero-order valence-corrected chi connectivity index (χ0v) is 35.9. The summed E-state index contributed by atoms with van der Waals surface area (Å²) in [6, 6.07) is -11.8. The van der Waals surface area contributed by atoms with Gasteiger partial charge >= 0.3 is 23.9 Å². The Kier molecular flexibility index (Phi) is 22.2. The first-order valence-electron chi connectivity index (χ1n) is 20.3. The third-order valence-electron chi connectivity index (χ3n) is 9.73. The number of carboxylic acid groups (broad SMARTS) is 4. The van der Waals surface area contributed by atoms with Gasteiger partial charge in [-0.15, -0.1) is 0 Å². The largest absolute Gasteiger partial charge is 0.481 e. The number of carbonyl (C=O) groups is 13. The Morgan fingerprint density at radius 2 is 1.27 bits per heavy atom. The lowest BCUT2D eigenvalue weighted by Crippen LogP contribution is -2.60. The molecule has 1 aromatic heterocycles. The highest BCUT2D eigenvalue weighted by molar-refractivity contribution is 5.99. The molecule has 0 bridgehead atoms. The van der Waals surface area contributed by atoms with Crippen LogP contribution in [0.1, 0.15) is 64.0 Å². The van der Waals surface area contributed by atoms with Gasteiger partial charge in [-0.2, -0.15) is 0 Å². The molecular weight excluding hydrogens is 900 g/mol. The summed E-state index contributed by atoms with van der Waals surface area (Å²) in [4.78, 5) is 170. The van der Waals surface area contributed by atoms with E-state index < -0.39 is 183 Å². The number of aliphatic hydroxyl groups excluding tert-OH is 1. The second kappa shape index (κ2) is 26.9. The molecule has 1 aliphatic rings. The van der Waals surface area contributed by atoms with Crippen molar-refractivity contribution >= 4 is 77.0 Å². The molecule has 2 rings (SSSR count). The van der Waals surface area contributed by atoms with Crippen LogP contribution in [0.25, 0.3) is 0 Å². The number of primary amides is 1. The zero-order chi connectivity index (χ0) is 50.5. The fraction of sp³-hybridized carbons (Fsp3) is 0.568. The number of aliphatic hydroxyl groups is 1. The van der Waals surface area contributed by atoms with E-state index in [2.05, 4.69) is 47.2 Å². The number of aromatic nitrogens is 2. The Hall–Kier alpha value is -7.76.